The second kappa shape index (κ2) is 17.8. The number of hydrogen-bond donors (Lipinski definition) is 6. The van der Waals surface area contributed by atoms with Gasteiger partial charge in [-0.1, -0.05) is 50.2 Å². The van der Waals surface area contributed by atoms with Crippen molar-refractivity contribution in [2.24, 2.45) is 16.7 Å². The van der Waals surface area contributed by atoms with Crippen LogP contribution in [0.4, 0.5) is 0 Å². The Balaban J connectivity index is 0.00000252. The van der Waals surface area contributed by atoms with Gasteiger partial charge in [0.25, 0.3) is 0 Å². The zero-order chi connectivity index (χ0) is 36.4. The normalized spacial score (nSPS) is 34.3. The van der Waals surface area contributed by atoms with Gasteiger partial charge in [-0.3, -0.25) is 14.4 Å². The monoisotopic (exact) mass is 1380 g/mol. The van der Waals surface area contributed by atoms with E-state index in [0.717, 1.165) is 6.54 Å². The molecule has 279 valence electrons. The molecule has 4 aliphatic rings. The summed E-state index contributed by atoms with van der Waals surface area (Å²) in [6, 6.07) is 16.0. The van der Waals surface area contributed by atoms with E-state index in [0.29, 0.717) is 0 Å². The van der Waals surface area contributed by atoms with E-state index >= 15 is 0 Å². The summed E-state index contributed by atoms with van der Waals surface area (Å²) in [5.41, 5.74) is -7.11. The van der Waals surface area contributed by atoms with Crippen molar-refractivity contribution in [2.75, 3.05) is 6.61 Å². The Kier molecular flexibility index (Phi) is 15.9. The first-order valence-corrected chi connectivity index (χ1v) is 16.5. The first-order chi connectivity index (χ1) is 23.5. The van der Waals surface area contributed by atoms with E-state index in [1.54, 1.807) is 50.2 Å². The molecule has 0 aromatic heterocycles. The van der Waals surface area contributed by atoms with Gasteiger partial charge in [0.15, 0.2) is 5.78 Å². The van der Waals surface area contributed by atoms with Crippen LogP contribution < -0.4 is 5.32 Å². The van der Waals surface area contributed by atoms with E-state index in [4.69, 9.17) is 14.2 Å². The number of carbonyl (C=O) groups excluding carboxylic acids is 4. The number of nitrogens with one attached hydrogen (secondary N) is 1. The summed E-state index contributed by atoms with van der Waals surface area (Å²) in [7, 11) is 0. The molecule has 6 N–H and O–H groups in total. The maximum absolute atomic E-state index is 14.5. The number of Topliss-reactive ketones (excluding diaryl/α,β-unsaturated/α-hetero) is 1. The topological polar surface area (TPSA) is 209 Å². The third-order valence-corrected chi connectivity index (χ3v) is 11.5. The van der Waals surface area contributed by atoms with E-state index < -0.39 is 94.6 Å². The zero-order valence-corrected chi connectivity index (χ0v) is 42.9. The molecular weight excluding hydrogens is 1340 g/mol. The van der Waals surface area contributed by atoms with Crippen LogP contribution in [0, 0.1) is 141 Å². The Hall–Kier alpha value is -0.0839. The van der Waals surface area contributed by atoms with Gasteiger partial charge in [-0.2, -0.15) is 0 Å². The number of aliphatic hydroxyl groups is 5. The second-order valence-corrected chi connectivity index (χ2v) is 14.5. The van der Waals surface area contributed by atoms with Crippen molar-refractivity contribution >= 4 is 23.6 Å². The van der Waals surface area contributed by atoms with E-state index in [1.807, 2.05) is 0 Å². The average Bonchev–Trinajstić information content (AvgIpc) is 3.09. The number of esters is 2. The summed E-state index contributed by atoms with van der Waals surface area (Å²) < 4.78 is 17.4. The molecule has 0 spiro atoms. The molecule has 3 radical (unpaired) electrons. The number of amides is 1. The van der Waals surface area contributed by atoms with Crippen LogP contribution >= 0.6 is 0 Å². The van der Waals surface area contributed by atoms with Crippen LogP contribution in [0.15, 0.2) is 71.8 Å². The SMILES string of the molecule is CC1=C2C(O)C(=O)[C@]3(C)C(O)CC4OCC4(O)C3C(OC(=O)c3ccccc3)C(O)(CC1OC(=O)C(O)[CH-]NC(=O)c1ccccc1)C2(C)C.[Ac].[Ac].[Np]. The first-order valence-electron chi connectivity index (χ1n) is 16.5. The van der Waals surface area contributed by atoms with Crippen LogP contribution in [0.25, 0.3) is 0 Å². The van der Waals surface area contributed by atoms with Crippen LogP contribution in [-0.2, 0) is 23.8 Å². The predicted octanol–water partition coefficient (Wildman–Crippen LogP) is 1.01. The fourth-order valence-electron chi connectivity index (χ4n) is 8.48. The van der Waals surface area contributed by atoms with Crippen molar-refractivity contribution in [3.8, 4) is 0 Å². The average molecular weight is 1380 g/mol. The molecule has 53 heavy (non-hydrogen) atoms. The number of carbonyl (C=O) groups is 4. The zero-order valence-electron chi connectivity index (χ0n) is 29.7. The van der Waals surface area contributed by atoms with Gasteiger partial charge in [0.05, 0.1) is 29.8 Å². The summed E-state index contributed by atoms with van der Waals surface area (Å²) in [6.07, 6.45) is -10.1. The van der Waals surface area contributed by atoms with E-state index in [-0.39, 0.29) is 153 Å². The number of hydrogen-bond acceptors (Lipinski definition) is 12. The van der Waals surface area contributed by atoms with E-state index in [9.17, 15) is 44.7 Å². The van der Waals surface area contributed by atoms with Crippen LogP contribution in [0.2, 0.25) is 0 Å². The molecular formula is C37H42Ac2NNpO12-. The minimum atomic E-state index is -2.27. The minimum absolute atomic E-state index is 0. The summed E-state index contributed by atoms with van der Waals surface area (Å²) in [5, 5.41) is 61.5. The van der Waals surface area contributed by atoms with Gasteiger partial charge >= 0.3 is 11.9 Å². The van der Waals surface area contributed by atoms with Gasteiger partial charge in [0, 0.05) is 154 Å². The molecule has 6 rings (SSSR count). The summed E-state index contributed by atoms with van der Waals surface area (Å²) in [4.78, 5) is 54.0. The van der Waals surface area contributed by atoms with Crippen molar-refractivity contribution < 1.29 is 177 Å². The van der Waals surface area contributed by atoms with E-state index in [1.165, 1.54) is 38.1 Å². The Morgan fingerprint density at radius 1 is 0.943 bits per heavy atom. The molecule has 3 aliphatic carbocycles. The summed E-state index contributed by atoms with van der Waals surface area (Å²) >= 11 is 0. The Morgan fingerprint density at radius 2 is 1.51 bits per heavy atom. The molecule has 3 fully saturated rings. The standard InChI is InChI=1S/C37H42NO12.2Ac.Np/c1-19-23(49-33(45)22(39)17-38-31(43)20-11-7-5-8-12-20)16-37(47)30(50-32(44)21-13-9-6-10-14-21)28-35(4,24(40)15-25-36(28,46)18-48-25)29(42)27(41)26(19)34(37,2)3;;;/h5-14,17,22-25,27-28,30,39-41,46-47H,15-16,18H2,1-4H3,(H,38,43);;;/q-1;;;/t22?,23?,24?,25?,27?,28?,30?,35-,36?,37?;;;/m1.../s1. The van der Waals surface area contributed by atoms with Crippen LogP contribution in [-0.4, -0.2) is 104 Å². The molecule has 2 bridgehead atoms. The number of rotatable bonds is 7. The van der Waals surface area contributed by atoms with Crippen LogP contribution in [0.5, 0.6) is 0 Å². The number of aliphatic hydroxyl groups excluding tert-OH is 3. The number of ether oxygens (including phenoxy) is 3. The molecule has 1 saturated heterocycles. The van der Waals surface area contributed by atoms with Crippen molar-refractivity contribution in [3.05, 3.63) is 89.5 Å². The molecule has 1 heterocycles. The number of ketones is 1. The maximum Gasteiger partial charge on any atom is 0.338 e. The molecule has 1 aliphatic heterocycles. The van der Waals surface area contributed by atoms with Crippen molar-refractivity contribution in [1.29, 1.82) is 0 Å². The molecule has 13 nitrogen and oxygen atoms in total. The Bertz CT molecular complexity index is 1730. The van der Waals surface area contributed by atoms with Gasteiger partial charge < -0.3 is 45.1 Å². The first kappa shape index (κ1) is 47.3. The summed E-state index contributed by atoms with van der Waals surface area (Å²) in [6.45, 7) is 6.51. The van der Waals surface area contributed by atoms with E-state index in [2.05, 4.69) is 5.32 Å². The fraction of sp³-hybridized carbons (Fsp3) is 0.486. The van der Waals surface area contributed by atoms with Gasteiger partial charge in [0.2, 0.25) is 5.91 Å². The smallest absolute Gasteiger partial charge is 0.338 e. The molecule has 10 atom stereocenters. The molecule has 2 saturated carbocycles. The van der Waals surface area contributed by atoms with Crippen LogP contribution in [0.1, 0.15) is 61.3 Å². The largest absolute Gasteiger partial charge is 0.499 e. The predicted molar refractivity (Wildman–Crippen MR) is 174 cm³/mol. The molecule has 16 heteroatoms. The van der Waals surface area contributed by atoms with Crippen LogP contribution in [0.3, 0.4) is 0 Å². The quantitative estimate of drug-likeness (QED) is 0.131. The molecule has 9 unspecified atom stereocenters. The van der Waals surface area contributed by atoms with Gasteiger partial charge in [-0.05, 0) is 49.3 Å². The maximum atomic E-state index is 14.5. The third kappa shape index (κ3) is 8.03. The number of benzene rings is 2. The van der Waals surface area contributed by atoms with Crippen molar-refractivity contribution in [2.45, 2.75) is 88.4 Å². The van der Waals surface area contributed by atoms with Gasteiger partial charge in [-0.25, -0.2) is 11.3 Å². The van der Waals surface area contributed by atoms with Gasteiger partial charge in [-0.15, -0.1) is 0 Å². The summed E-state index contributed by atoms with van der Waals surface area (Å²) in [5.74, 6) is -5.09. The minimum Gasteiger partial charge on any atom is -0.499 e. The Labute approximate surface area is 401 Å². The number of fused-ring (bicyclic) bond motifs is 5. The van der Waals surface area contributed by atoms with Crippen molar-refractivity contribution in [1.82, 2.24) is 5.32 Å². The fourth-order valence-corrected chi connectivity index (χ4v) is 8.48. The second-order valence-electron chi connectivity index (χ2n) is 14.5. The molecule has 2 aromatic rings. The third-order valence-electron chi connectivity index (χ3n) is 11.5. The van der Waals surface area contributed by atoms with Crippen molar-refractivity contribution in [3.63, 3.8) is 0 Å². The molecule has 2 aromatic carbocycles. The van der Waals surface area contributed by atoms with Gasteiger partial charge in [0.1, 0.15) is 29.5 Å². The molecule has 1 amide bonds. The Morgan fingerprint density at radius 3 is 2.06 bits per heavy atom.